The molecular formula is C10H12OS3. The highest BCUT2D eigenvalue weighted by atomic mass is 32.3. The van der Waals surface area contributed by atoms with Crippen molar-refractivity contribution in [1.82, 2.24) is 0 Å². The van der Waals surface area contributed by atoms with Gasteiger partial charge in [-0.05, 0) is 30.9 Å². The van der Waals surface area contributed by atoms with Gasteiger partial charge in [-0.15, -0.1) is 41.0 Å². The van der Waals surface area contributed by atoms with Gasteiger partial charge < -0.3 is 0 Å². The predicted octanol–water partition coefficient (Wildman–Crippen LogP) is 2.95. The van der Waals surface area contributed by atoms with E-state index in [1.165, 1.54) is 0 Å². The van der Waals surface area contributed by atoms with Crippen LogP contribution in [0.3, 0.4) is 0 Å². The second kappa shape index (κ2) is 5.17. The van der Waals surface area contributed by atoms with Crippen LogP contribution in [-0.2, 0) is 4.79 Å². The summed E-state index contributed by atoms with van der Waals surface area (Å²) in [4.78, 5) is 12.1. The normalized spacial score (nSPS) is 14.6. The molecule has 1 aliphatic carbocycles. The fourth-order valence-electron chi connectivity index (χ4n) is 1.16. The molecular weight excluding hydrogens is 232 g/mol. The van der Waals surface area contributed by atoms with Crippen LogP contribution in [0.25, 0.3) is 0 Å². The molecule has 0 N–H and O–H groups in total. The molecule has 1 aliphatic rings. The van der Waals surface area contributed by atoms with Crippen molar-refractivity contribution in [1.29, 1.82) is 0 Å². The van der Waals surface area contributed by atoms with E-state index in [1.54, 1.807) is 41.4 Å². The number of Topliss-reactive ketones (excluding diaryl/α,β-unsaturated/α-hetero) is 1. The Kier molecular flexibility index (Phi) is 4.45. The van der Waals surface area contributed by atoms with Crippen LogP contribution in [0, 0.1) is 0 Å². The zero-order valence-electron chi connectivity index (χ0n) is 8.37. The fourth-order valence-corrected chi connectivity index (χ4v) is 4.05. The maximum Gasteiger partial charge on any atom is 0.206 e. The lowest BCUT2D eigenvalue weighted by molar-refractivity contribution is -0.114. The van der Waals surface area contributed by atoms with Gasteiger partial charge in [0.15, 0.2) is 3.41 Å². The van der Waals surface area contributed by atoms with Gasteiger partial charge in [0.1, 0.15) is 0 Å². The minimum atomic E-state index is -0.412. The summed E-state index contributed by atoms with van der Waals surface area (Å²) in [5.74, 6) is 0.148. The number of hydrogen-bond acceptors (Lipinski definition) is 4. The van der Waals surface area contributed by atoms with Crippen molar-refractivity contribution in [2.24, 2.45) is 0 Å². The van der Waals surface area contributed by atoms with E-state index in [-0.39, 0.29) is 5.78 Å². The summed E-state index contributed by atoms with van der Waals surface area (Å²) in [6.07, 6.45) is 11.3. The van der Waals surface area contributed by atoms with Crippen LogP contribution >= 0.6 is 35.3 Å². The number of hydrogen-bond donors (Lipinski definition) is 0. The zero-order chi connectivity index (χ0) is 10.6. The molecule has 1 nitrogen and oxygen atoms in total. The first-order chi connectivity index (χ1) is 6.70. The number of ketones is 1. The lowest BCUT2D eigenvalue weighted by Gasteiger charge is -2.25. The van der Waals surface area contributed by atoms with E-state index in [9.17, 15) is 4.79 Å². The lowest BCUT2D eigenvalue weighted by atomic mass is 10.2. The first kappa shape index (κ1) is 12.1. The summed E-state index contributed by atoms with van der Waals surface area (Å²) in [5, 5.41) is 0. The van der Waals surface area contributed by atoms with Crippen molar-refractivity contribution in [3.05, 3.63) is 29.5 Å². The third kappa shape index (κ3) is 2.14. The highest BCUT2D eigenvalue weighted by molar-refractivity contribution is 8.34. The Hall–Kier alpha value is -0.0200. The summed E-state index contributed by atoms with van der Waals surface area (Å²) in [7, 11) is 0. The van der Waals surface area contributed by atoms with Crippen molar-refractivity contribution in [2.45, 2.75) is 3.41 Å². The van der Waals surface area contributed by atoms with Gasteiger partial charge in [-0.1, -0.05) is 6.08 Å². The molecule has 0 atom stereocenters. The minimum absolute atomic E-state index is 0.148. The molecule has 0 aromatic rings. The van der Waals surface area contributed by atoms with Crippen molar-refractivity contribution >= 4 is 41.1 Å². The highest BCUT2D eigenvalue weighted by Gasteiger charge is 2.37. The van der Waals surface area contributed by atoms with E-state index in [4.69, 9.17) is 0 Å². The Morgan fingerprint density at radius 3 is 2.21 bits per heavy atom. The standard InChI is InChI=1S/C10H12OS3/c1-12-10(13-2,14-3)9(11)8-6-4-5-7-8/h4-6H,1-3H3. The van der Waals surface area contributed by atoms with Crippen molar-refractivity contribution in [3.8, 4) is 0 Å². The smallest absolute Gasteiger partial charge is 0.206 e. The van der Waals surface area contributed by atoms with Gasteiger partial charge in [0, 0.05) is 0 Å². The average Bonchev–Trinajstić information content (AvgIpc) is 2.74. The summed E-state index contributed by atoms with van der Waals surface area (Å²) >= 11 is 4.74. The Balaban J connectivity index is 2.95. The van der Waals surface area contributed by atoms with Gasteiger partial charge in [0.05, 0.1) is 5.57 Å². The molecule has 0 radical (unpaired) electrons. The van der Waals surface area contributed by atoms with Gasteiger partial charge in [-0.25, -0.2) is 0 Å². The Bertz CT molecular complexity index is 312. The van der Waals surface area contributed by atoms with Gasteiger partial charge in [0.2, 0.25) is 5.78 Å². The number of carbonyl (C=O) groups excluding carboxylic acids is 1. The van der Waals surface area contributed by atoms with E-state index in [1.807, 2.05) is 30.9 Å². The predicted molar refractivity (Wildman–Crippen MR) is 69.0 cm³/mol. The van der Waals surface area contributed by atoms with Crippen LogP contribution in [0.4, 0.5) is 0 Å². The Labute approximate surface area is 97.5 Å². The van der Waals surface area contributed by atoms with Crippen LogP contribution in [-0.4, -0.2) is 28.0 Å². The van der Waals surface area contributed by atoms with Gasteiger partial charge in [-0.2, -0.15) is 0 Å². The third-order valence-electron chi connectivity index (χ3n) is 1.93. The molecule has 4 heteroatoms. The molecule has 0 amide bonds. The molecule has 76 valence electrons. The maximum atomic E-state index is 12.1. The topological polar surface area (TPSA) is 17.1 Å². The van der Waals surface area contributed by atoms with Crippen LogP contribution in [0.5, 0.6) is 0 Å². The maximum absolute atomic E-state index is 12.1. The second-order valence-electron chi connectivity index (χ2n) is 2.58. The monoisotopic (exact) mass is 244 g/mol. The van der Waals surface area contributed by atoms with Crippen molar-refractivity contribution in [3.63, 3.8) is 0 Å². The third-order valence-corrected chi connectivity index (χ3v) is 7.10. The van der Waals surface area contributed by atoms with E-state index in [0.717, 1.165) is 0 Å². The Morgan fingerprint density at radius 2 is 1.86 bits per heavy atom. The summed E-state index contributed by atoms with van der Waals surface area (Å²) in [6, 6.07) is 0. The first-order valence-electron chi connectivity index (χ1n) is 4.04. The Morgan fingerprint density at radius 1 is 1.29 bits per heavy atom. The van der Waals surface area contributed by atoms with E-state index in [2.05, 4.69) is 5.73 Å². The summed E-state index contributed by atoms with van der Waals surface area (Å²) in [5.41, 5.74) is 3.64. The lowest BCUT2D eigenvalue weighted by Crippen LogP contribution is -2.27. The van der Waals surface area contributed by atoms with Crippen molar-refractivity contribution < 1.29 is 4.79 Å². The molecule has 0 bridgehead atoms. The molecule has 0 unspecified atom stereocenters. The van der Waals surface area contributed by atoms with Crippen LogP contribution in [0.15, 0.2) is 29.5 Å². The second-order valence-corrected chi connectivity index (χ2v) is 6.42. The SMILES string of the molecule is CSC(SC)(SC)C(=O)C1=C=CC=C1. The molecule has 0 heterocycles. The van der Waals surface area contributed by atoms with Crippen LogP contribution in [0.2, 0.25) is 0 Å². The molecule has 0 spiro atoms. The fraction of sp³-hybridized carbons (Fsp3) is 0.400. The molecule has 0 saturated carbocycles. The largest absolute Gasteiger partial charge is 0.290 e. The van der Waals surface area contributed by atoms with Crippen LogP contribution < -0.4 is 0 Å². The number of allylic oxidation sites excluding steroid dienone is 3. The molecule has 0 aliphatic heterocycles. The highest BCUT2D eigenvalue weighted by Crippen LogP contribution is 2.45. The number of carbonyl (C=O) groups is 1. The molecule has 0 aromatic heterocycles. The van der Waals surface area contributed by atoms with Crippen molar-refractivity contribution in [2.75, 3.05) is 18.8 Å². The summed E-state index contributed by atoms with van der Waals surface area (Å²) in [6.45, 7) is 0. The van der Waals surface area contributed by atoms with E-state index >= 15 is 0 Å². The minimum Gasteiger partial charge on any atom is -0.290 e. The molecule has 14 heavy (non-hydrogen) atoms. The number of thioether (sulfide) groups is 3. The van der Waals surface area contributed by atoms with Gasteiger partial charge in [0.25, 0.3) is 0 Å². The molecule has 0 saturated heterocycles. The first-order valence-corrected chi connectivity index (χ1v) is 7.71. The molecule has 1 rings (SSSR count). The number of rotatable bonds is 5. The zero-order valence-corrected chi connectivity index (χ0v) is 10.8. The average molecular weight is 244 g/mol. The summed E-state index contributed by atoms with van der Waals surface area (Å²) < 4.78 is -0.412. The van der Waals surface area contributed by atoms with Gasteiger partial charge in [-0.3, -0.25) is 4.79 Å². The van der Waals surface area contributed by atoms with Gasteiger partial charge >= 0.3 is 0 Å². The quantitative estimate of drug-likeness (QED) is 0.546. The van der Waals surface area contributed by atoms with E-state index < -0.39 is 3.41 Å². The van der Waals surface area contributed by atoms with Crippen LogP contribution in [0.1, 0.15) is 0 Å². The molecule has 0 aromatic carbocycles. The van der Waals surface area contributed by atoms with E-state index in [0.29, 0.717) is 5.57 Å². The molecule has 0 fully saturated rings.